The van der Waals surface area contributed by atoms with Crippen LogP contribution >= 0.6 is 0 Å². The number of nitrogens with one attached hydrogen (secondary N) is 1. The average Bonchev–Trinajstić information content (AvgIpc) is 3.22. The second-order valence-electron chi connectivity index (χ2n) is 5.49. The molecule has 3 N–H and O–H groups in total. The number of aliphatic hydroxyl groups is 2. The number of benzene rings is 1. The molecule has 0 bridgehead atoms. The summed E-state index contributed by atoms with van der Waals surface area (Å²) in [6.45, 7) is 0.773. The molecular formula is C14H17F2NO3. The van der Waals surface area contributed by atoms with Gasteiger partial charge in [0.25, 0.3) is 0 Å². The van der Waals surface area contributed by atoms with E-state index in [2.05, 4.69) is 5.32 Å². The van der Waals surface area contributed by atoms with Crippen LogP contribution in [0, 0.1) is 17.6 Å². The third kappa shape index (κ3) is 2.96. The summed E-state index contributed by atoms with van der Waals surface area (Å²) in [6.07, 6.45) is 0.545. The van der Waals surface area contributed by atoms with Crippen LogP contribution in [0.2, 0.25) is 0 Å². The van der Waals surface area contributed by atoms with Gasteiger partial charge in [-0.05, 0) is 37.0 Å². The summed E-state index contributed by atoms with van der Waals surface area (Å²) in [5.74, 6) is -2.62. The Morgan fingerprint density at radius 2 is 2.00 bits per heavy atom. The van der Waals surface area contributed by atoms with E-state index in [-0.39, 0.29) is 31.0 Å². The molecule has 2 atom stereocenters. The maximum Gasteiger partial charge on any atom is 0.224 e. The predicted octanol–water partition coefficient (Wildman–Crippen LogP) is 0.928. The van der Waals surface area contributed by atoms with E-state index in [1.165, 1.54) is 13.0 Å². The Balaban J connectivity index is 2.00. The van der Waals surface area contributed by atoms with Crippen LogP contribution in [0.5, 0.6) is 0 Å². The zero-order valence-electron chi connectivity index (χ0n) is 11.1. The quantitative estimate of drug-likeness (QED) is 0.754. The lowest BCUT2D eigenvalue weighted by Crippen LogP contribution is -2.52. The van der Waals surface area contributed by atoms with Gasteiger partial charge in [-0.3, -0.25) is 4.79 Å². The molecule has 110 valence electrons. The molecule has 1 aliphatic rings. The summed E-state index contributed by atoms with van der Waals surface area (Å²) >= 11 is 0. The summed E-state index contributed by atoms with van der Waals surface area (Å²) in [4.78, 5) is 12.0. The average molecular weight is 285 g/mol. The molecule has 6 heteroatoms. The van der Waals surface area contributed by atoms with Crippen molar-refractivity contribution in [3.05, 3.63) is 35.4 Å². The highest BCUT2D eigenvalue weighted by Crippen LogP contribution is 2.47. The number of hydrogen-bond donors (Lipinski definition) is 3. The van der Waals surface area contributed by atoms with Crippen LogP contribution in [-0.4, -0.2) is 34.9 Å². The Morgan fingerprint density at radius 3 is 2.55 bits per heavy atom. The van der Waals surface area contributed by atoms with Gasteiger partial charge < -0.3 is 15.5 Å². The Morgan fingerprint density at radius 1 is 1.35 bits per heavy atom. The number of hydrogen-bond acceptors (Lipinski definition) is 3. The molecule has 0 radical (unpaired) electrons. The smallest absolute Gasteiger partial charge is 0.224 e. The standard InChI is InChI=1S/C14H17F2NO3/c1-14(6-18,7-19)17-13(20)10-5-9(10)8-2-3-11(15)12(16)4-8/h2-4,9-10,18-19H,5-7H2,1H3,(H,17,20). The van der Waals surface area contributed by atoms with Crippen molar-refractivity contribution in [2.45, 2.75) is 24.8 Å². The molecule has 1 saturated carbocycles. The molecule has 2 rings (SSSR count). The Hall–Kier alpha value is -1.53. The minimum atomic E-state index is -1.07. The molecule has 1 aliphatic carbocycles. The SMILES string of the molecule is CC(CO)(CO)NC(=O)C1CC1c1ccc(F)c(F)c1. The predicted molar refractivity (Wildman–Crippen MR) is 67.9 cm³/mol. The Labute approximate surface area is 115 Å². The monoisotopic (exact) mass is 285 g/mol. The van der Waals surface area contributed by atoms with E-state index in [4.69, 9.17) is 10.2 Å². The van der Waals surface area contributed by atoms with E-state index in [9.17, 15) is 13.6 Å². The summed E-state index contributed by atoms with van der Waals surface area (Å²) in [5.41, 5.74) is -0.489. The van der Waals surface area contributed by atoms with Gasteiger partial charge in [-0.2, -0.15) is 0 Å². The largest absolute Gasteiger partial charge is 0.394 e. The van der Waals surface area contributed by atoms with Gasteiger partial charge in [-0.15, -0.1) is 0 Å². The second kappa shape index (κ2) is 5.46. The van der Waals surface area contributed by atoms with E-state index < -0.39 is 17.2 Å². The van der Waals surface area contributed by atoms with Gasteiger partial charge in [0, 0.05) is 5.92 Å². The van der Waals surface area contributed by atoms with Crippen molar-refractivity contribution in [2.24, 2.45) is 5.92 Å². The number of amides is 1. The van der Waals surface area contributed by atoms with Gasteiger partial charge in [0.15, 0.2) is 11.6 Å². The van der Waals surface area contributed by atoms with Crippen LogP contribution < -0.4 is 5.32 Å². The number of aliphatic hydroxyl groups excluding tert-OH is 2. The summed E-state index contributed by atoms with van der Waals surface area (Å²) in [6, 6.07) is 3.61. The van der Waals surface area contributed by atoms with Crippen molar-refractivity contribution in [2.75, 3.05) is 13.2 Å². The molecule has 20 heavy (non-hydrogen) atoms. The first-order valence-electron chi connectivity index (χ1n) is 6.39. The second-order valence-corrected chi connectivity index (χ2v) is 5.49. The normalized spacial score (nSPS) is 21.6. The molecule has 4 nitrogen and oxygen atoms in total. The minimum Gasteiger partial charge on any atom is -0.394 e. The molecule has 0 spiro atoms. The van der Waals surface area contributed by atoms with Crippen LogP contribution in [0.4, 0.5) is 8.78 Å². The van der Waals surface area contributed by atoms with Crippen LogP contribution in [-0.2, 0) is 4.79 Å². The number of carbonyl (C=O) groups excluding carboxylic acids is 1. The fourth-order valence-corrected chi connectivity index (χ4v) is 2.12. The summed E-state index contributed by atoms with van der Waals surface area (Å²) in [7, 11) is 0. The highest BCUT2D eigenvalue weighted by Gasteiger charge is 2.45. The van der Waals surface area contributed by atoms with Gasteiger partial charge in [-0.25, -0.2) is 8.78 Å². The van der Waals surface area contributed by atoms with Crippen molar-refractivity contribution in [3.63, 3.8) is 0 Å². The van der Waals surface area contributed by atoms with Gasteiger partial charge >= 0.3 is 0 Å². The fourth-order valence-electron chi connectivity index (χ4n) is 2.12. The van der Waals surface area contributed by atoms with Crippen molar-refractivity contribution in [1.29, 1.82) is 0 Å². The van der Waals surface area contributed by atoms with Crippen molar-refractivity contribution in [3.8, 4) is 0 Å². The van der Waals surface area contributed by atoms with Crippen LogP contribution in [0.1, 0.15) is 24.8 Å². The first-order chi connectivity index (χ1) is 9.40. The van der Waals surface area contributed by atoms with E-state index in [0.29, 0.717) is 12.0 Å². The first kappa shape index (κ1) is 14.9. The van der Waals surface area contributed by atoms with Crippen molar-refractivity contribution < 1.29 is 23.8 Å². The Kier molecular flexibility index (Phi) is 4.06. The third-order valence-corrected chi connectivity index (χ3v) is 3.62. The zero-order chi connectivity index (χ0) is 14.9. The summed E-state index contributed by atoms with van der Waals surface area (Å²) < 4.78 is 26.0. The topological polar surface area (TPSA) is 69.6 Å². The number of rotatable bonds is 5. The first-order valence-corrected chi connectivity index (χ1v) is 6.39. The maximum absolute atomic E-state index is 13.1. The summed E-state index contributed by atoms with van der Waals surface area (Å²) in [5, 5.41) is 20.8. The number of carbonyl (C=O) groups is 1. The minimum absolute atomic E-state index is 0.147. The van der Waals surface area contributed by atoms with Crippen LogP contribution in [0.3, 0.4) is 0 Å². The zero-order valence-corrected chi connectivity index (χ0v) is 11.1. The lowest BCUT2D eigenvalue weighted by Gasteiger charge is -2.26. The lowest BCUT2D eigenvalue weighted by atomic mass is 10.0. The van der Waals surface area contributed by atoms with Gasteiger partial charge in [-0.1, -0.05) is 6.07 Å². The molecule has 1 amide bonds. The van der Waals surface area contributed by atoms with Crippen molar-refractivity contribution >= 4 is 5.91 Å². The fraction of sp³-hybridized carbons (Fsp3) is 0.500. The third-order valence-electron chi connectivity index (χ3n) is 3.62. The molecule has 0 heterocycles. The molecular weight excluding hydrogens is 268 g/mol. The van der Waals surface area contributed by atoms with Gasteiger partial charge in [0.2, 0.25) is 5.91 Å². The molecule has 1 aromatic rings. The van der Waals surface area contributed by atoms with Gasteiger partial charge in [0.1, 0.15) is 0 Å². The molecule has 0 aliphatic heterocycles. The van der Waals surface area contributed by atoms with Crippen LogP contribution in [0.15, 0.2) is 18.2 Å². The molecule has 1 fully saturated rings. The molecule has 2 unspecified atom stereocenters. The van der Waals surface area contributed by atoms with Crippen molar-refractivity contribution in [1.82, 2.24) is 5.32 Å². The molecule has 1 aromatic carbocycles. The van der Waals surface area contributed by atoms with E-state index in [1.54, 1.807) is 0 Å². The highest BCUT2D eigenvalue weighted by atomic mass is 19.2. The van der Waals surface area contributed by atoms with Crippen LogP contribution in [0.25, 0.3) is 0 Å². The molecule has 0 saturated heterocycles. The molecule has 0 aromatic heterocycles. The van der Waals surface area contributed by atoms with E-state index in [1.807, 2.05) is 0 Å². The van der Waals surface area contributed by atoms with E-state index >= 15 is 0 Å². The van der Waals surface area contributed by atoms with E-state index in [0.717, 1.165) is 12.1 Å². The highest BCUT2D eigenvalue weighted by molar-refractivity contribution is 5.83. The Bertz CT molecular complexity index is 517. The lowest BCUT2D eigenvalue weighted by molar-refractivity contribution is -0.125. The van der Waals surface area contributed by atoms with Gasteiger partial charge in [0.05, 0.1) is 18.8 Å². The number of halogens is 2. The maximum atomic E-state index is 13.1.